The summed E-state index contributed by atoms with van der Waals surface area (Å²) in [4.78, 5) is 0. The molecule has 0 spiro atoms. The lowest BCUT2D eigenvalue weighted by atomic mass is 9.79. The Morgan fingerprint density at radius 2 is 1.71 bits per heavy atom. The standard InChI is InChI=1S/C16H13Br2Cl2F/c17-9-16(10-18,12-2-1-3-14(21)6-12)8-11-4-5-13(19)7-15(11)20/h1-7H,8-10H2. The SMILES string of the molecule is Fc1cccc(C(CBr)(CBr)Cc2ccc(Cl)cc2Cl)c1. The van der Waals surface area contributed by atoms with Gasteiger partial charge in [-0.2, -0.15) is 0 Å². The minimum atomic E-state index is -0.278. The van der Waals surface area contributed by atoms with Crippen LogP contribution < -0.4 is 0 Å². The molecule has 0 saturated heterocycles. The lowest BCUT2D eigenvalue weighted by Gasteiger charge is -2.31. The van der Waals surface area contributed by atoms with Crippen LogP contribution in [-0.2, 0) is 11.8 Å². The Hall–Kier alpha value is -0.0900. The van der Waals surface area contributed by atoms with Gasteiger partial charge in [0.1, 0.15) is 5.82 Å². The Bertz CT molecular complexity index is 627. The molecule has 2 aromatic rings. The molecule has 5 heteroatoms. The molecule has 21 heavy (non-hydrogen) atoms. The quantitative estimate of drug-likeness (QED) is 0.458. The second-order valence-electron chi connectivity index (χ2n) is 4.97. The minimum Gasteiger partial charge on any atom is -0.207 e. The molecule has 0 saturated carbocycles. The van der Waals surface area contributed by atoms with Crippen LogP contribution in [0.2, 0.25) is 10.0 Å². The van der Waals surface area contributed by atoms with E-state index in [2.05, 4.69) is 31.9 Å². The van der Waals surface area contributed by atoms with Gasteiger partial charge in [0.25, 0.3) is 0 Å². The first kappa shape index (κ1) is 17.3. The van der Waals surface area contributed by atoms with Crippen LogP contribution in [0.3, 0.4) is 0 Å². The molecule has 112 valence electrons. The fourth-order valence-electron chi connectivity index (χ4n) is 2.23. The zero-order chi connectivity index (χ0) is 15.5. The fraction of sp³-hybridized carbons (Fsp3) is 0.250. The van der Waals surface area contributed by atoms with E-state index in [0.29, 0.717) is 27.1 Å². The summed E-state index contributed by atoms with van der Waals surface area (Å²) >= 11 is 19.4. The van der Waals surface area contributed by atoms with E-state index in [4.69, 9.17) is 23.2 Å². The smallest absolute Gasteiger partial charge is 0.123 e. The molecule has 0 unspecified atom stereocenters. The van der Waals surface area contributed by atoms with Crippen LogP contribution in [0.1, 0.15) is 11.1 Å². The van der Waals surface area contributed by atoms with Gasteiger partial charge in [0.05, 0.1) is 0 Å². The second kappa shape index (κ2) is 7.45. The van der Waals surface area contributed by atoms with Gasteiger partial charge in [-0.3, -0.25) is 0 Å². The Morgan fingerprint density at radius 3 is 2.29 bits per heavy atom. The summed E-state index contributed by atoms with van der Waals surface area (Å²) in [5, 5.41) is 2.62. The van der Waals surface area contributed by atoms with Crippen molar-refractivity contribution in [1.82, 2.24) is 0 Å². The third-order valence-corrected chi connectivity index (χ3v) is 6.23. The maximum Gasteiger partial charge on any atom is 0.123 e. The van der Waals surface area contributed by atoms with E-state index in [9.17, 15) is 4.39 Å². The summed E-state index contributed by atoms with van der Waals surface area (Å²) in [5.74, 6) is -0.235. The largest absolute Gasteiger partial charge is 0.207 e. The molecule has 2 rings (SSSR count). The summed E-state index contributed by atoms with van der Waals surface area (Å²) in [5.41, 5.74) is 1.64. The highest BCUT2D eigenvalue weighted by atomic mass is 79.9. The van der Waals surface area contributed by atoms with Gasteiger partial charge in [-0.25, -0.2) is 4.39 Å². The zero-order valence-corrected chi connectivity index (χ0v) is 15.7. The van der Waals surface area contributed by atoms with E-state index in [1.165, 1.54) is 6.07 Å². The van der Waals surface area contributed by atoms with Crippen LogP contribution in [0, 0.1) is 5.82 Å². The first-order valence-electron chi connectivity index (χ1n) is 6.33. The van der Waals surface area contributed by atoms with Crippen LogP contribution in [0.15, 0.2) is 42.5 Å². The average molecular weight is 455 g/mol. The maximum absolute atomic E-state index is 13.6. The Morgan fingerprint density at radius 1 is 1.00 bits per heavy atom. The highest BCUT2D eigenvalue weighted by Crippen LogP contribution is 2.35. The summed E-state index contributed by atoms with van der Waals surface area (Å²) in [6, 6.07) is 12.2. The van der Waals surface area contributed by atoms with E-state index >= 15 is 0 Å². The number of halogens is 5. The van der Waals surface area contributed by atoms with Crippen LogP contribution >= 0.6 is 55.1 Å². The monoisotopic (exact) mass is 452 g/mol. The van der Waals surface area contributed by atoms with Crippen LogP contribution in [0.5, 0.6) is 0 Å². The first-order chi connectivity index (χ1) is 10.0. The predicted molar refractivity (Wildman–Crippen MR) is 95.8 cm³/mol. The molecular weight excluding hydrogens is 442 g/mol. The van der Waals surface area contributed by atoms with Crippen molar-refractivity contribution in [3.8, 4) is 0 Å². The predicted octanol–water partition coefficient (Wildman–Crippen LogP) is 6.40. The number of hydrogen-bond acceptors (Lipinski definition) is 0. The topological polar surface area (TPSA) is 0 Å². The molecule has 0 bridgehead atoms. The van der Waals surface area contributed by atoms with Crippen molar-refractivity contribution in [2.75, 3.05) is 10.7 Å². The molecule has 0 aliphatic carbocycles. The van der Waals surface area contributed by atoms with Gasteiger partial charge >= 0.3 is 0 Å². The van der Waals surface area contributed by atoms with Gasteiger partial charge in [0, 0.05) is 26.1 Å². The van der Waals surface area contributed by atoms with E-state index in [1.54, 1.807) is 18.2 Å². The van der Waals surface area contributed by atoms with Crippen molar-refractivity contribution >= 4 is 55.1 Å². The van der Waals surface area contributed by atoms with Gasteiger partial charge in [-0.05, 0) is 41.8 Å². The fourth-order valence-corrected chi connectivity index (χ4v) is 4.68. The summed E-state index contributed by atoms with van der Waals surface area (Å²) in [7, 11) is 0. The van der Waals surface area contributed by atoms with E-state index in [1.807, 2.05) is 18.2 Å². The Labute approximate surface area is 150 Å². The Balaban J connectivity index is 2.43. The molecule has 0 heterocycles. The van der Waals surface area contributed by atoms with Crippen molar-refractivity contribution in [3.63, 3.8) is 0 Å². The molecular formula is C16H13Br2Cl2F. The average Bonchev–Trinajstić information content (AvgIpc) is 2.47. The molecule has 0 aromatic heterocycles. The molecule has 0 fully saturated rings. The van der Waals surface area contributed by atoms with E-state index in [0.717, 1.165) is 11.1 Å². The first-order valence-corrected chi connectivity index (χ1v) is 9.32. The summed E-state index contributed by atoms with van der Waals surface area (Å²) in [6.45, 7) is 0. The molecule has 0 aliphatic heterocycles. The number of rotatable bonds is 5. The second-order valence-corrected chi connectivity index (χ2v) is 6.94. The molecule has 0 nitrogen and oxygen atoms in total. The lowest BCUT2D eigenvalue weighted by Crippen LogP contribution is -2.33. The van der Waals surface area contributed by atoms with Crippen molar-refractivity contribution in [3.05, 3.63) is 69.5 Å². The number of hydrogen-bond donors (Lipinski definition) is 0. The number of benzene rings is 2. The highest BCUT2D eigenvalue weighted by Gasteiger charge is 2.31. The molecule has 0 radical (unpaired) electrons. The molecule has 0 amide bonds. The lowest BCUT2D eigenvalue weighted by molar-refractivity contribution is 0.541. The van der Waals surface area contributed by atoms with Gasteiger partial charge in [-0.1, -0.05) is 73.3 Å². The third-order valence-electron chi connectivity index (χ3n) is 3.49. The van der Waals surface area contributed by atoms with Crippen molar-refractivity contribution in [1.29, 1.82) is 0 Å². The number of alkyl halides is 2. The summed E-state index contributed by atoms with van der Waals surface area (Å²) in [6.07, 6.45) is 0.683. The highest BCUT2D eigenvalue weighted by molar-refractivity contribution is 9.09. The third kappa shape index (κ3) is 4.01. The Kier molecular flexibility index (Phi) is 6.13. The molecule has 2 aromatic carbocycles. The van der Waals surface area contributed by atoms with Gasteiger partial charge in [0.15, 0.2) is 0 Å². The van der Waals surface area contributed by atoms with Gasteiger partial charge < -0.3 is 0 Å². The van der Waals surface area contributed by atoms with Gasteiger partial charge in [0.2, 0.25) is 0 Å². The molecule has 0 aliphatic rings. The van der Waals surface area contributed by atoms with Crippen LogP contribution in [0.4, 0.5) is 4.39 Å². The molecule has 0 atom stereocenters. The zero-order valence-electron chi connectivity index (χ0n) is 11.1. The maximum atomic E-state index is 13.6. The van der Waals surface area contributed by atoms with Crippen molar-refractivity contribution in [2.24, 2.45) is 0 Å². The molecule has 0 N–H and O–H groups in total. The van der Waals surface area contributed by atoms with Crippen LogP contribution in [-0.4, -0.2) is 10.7 Å². The van der Waals surface area contributed by atoms with Gasteiger partial charge in [-0.15, -0.1) is 0 Å². The van der Waals surface area contributed by atoms with Crippen molar-refractivity contribution < 1.29 is 4.39 Å². The minimum absolute atomic E-state index is 0.235. The summed E-state index contributed by atoms with van der Waals surface area (Å²) < 4.78 is 13.6. The van der Waals surface area contributed by atoms with Crippen LogP contribution in [0.25, 0.3) is 0 Å². The normalized spacial score (nSPS) is 11.7. The van der Waals surface area contributed by atoms with Crippen molar-refractivity contribution in [2.45, 2.75) is 11.8 Å². The van der Waals surface area contributed by atoms with E-state index in [-0.39, 0.29) is 11.2 Å². The van der Waals surface area contributed by atoms with E-state index < -0.39 is 0 Å².